The average molecular weight is 348 g/mol. The molecule has 1 aromatic heterocycles. The second-order valence-corrected chi connectivity index (χ2v) is 6.43. The van der Waals surface area contributed by atoms with Crippen LogP contribution in [0.25, 0.3) is 11.0 Å². The summed E-state index contributed by atoms with van der Waals surface area (Å²) in [5.74, 6) is 0.125. The number of benzene rings is 2. The maximum absolute atomic E-state index is 12.7. The number of nitrogens with one attached hydrogen (secondary N) is 2. The molecule has 4 rings (SSSR count). The van der Waals surface area contributed by atoms with Crippen molar-refractivity contribution in [2.75, 3.05) is 11.9 Å². The lowest BCUT2D eigenvalue weighted by molar-refractivity contribution is 0.0953. The highest BCUT2D eigenvalue weighted by atomic mass is 16.2. The SMILES string of the molecule is O=C1NCCCCCn2c(nc3ccccc32)NC(=O)c2cccc1c2. The van der Waals surface area contributed by atoms with Crippen molar-refractivity contribution in [2.45, 2.75) is 25.8 Å². The molecule has 1 aliphatic rings. The van der Waals surface area contributed by atoms with E-state index in [1.165, 1.54) is 0 Å². The number of hydrogen-bond donors (Lipinski definition) is 2. The first-order valence-corrected chi connectivity index (χ1v) is 8.87. The number of carbonyl (C=O) groups excluding carboxylic acids is 2. The highest BCUT2D eigenvalue weighted by Gasteiger charge is 2.16. The van der Waals surface area contributed by atoms with Crippen LogP contribution in [0.3, 0.4) is 0 Å². The van der Waals surface area contributed by atoms with Gasteiger partial charge in [-0.15, -0.1) is 0 Å². The highest BCUT2D eigenvalue weighted by molar-refractivity contribution is 6.06. The molecule has 2 bridgehead atoms. The van der Waals surface area contributed by atoms with Gasteiger partial charge >= 0.3 is 0 Å². The third kappa shape index (κ3) is 3.18. The van der Waals surface area contributed by atoms with E-state index in [1.807, 2.05) is 24.3 Å². The van der Waals surface area contributed by atoms with E-state index in [1.54, 1.807) is 24.3 Å². The van der Waals surface area contributed by atoms with E-state index in [2.05, 4.69) is 20.2 Å². The van der Waals surface area contributed by atoms with Gasteiger partial charge in [0.1, 0.15) is 0 Å². The van der Waals surface area contributed by atoms with Crippen LogP contribution in [0, 0.1) is 0 Å². The van der Waals surface area contributed by atoms with Gasteiger partial charge in [-0.05, 0) is 49.6 Å². The molecule has 2 heterocycles. The second kappa shape index (κ2) is 7.00. The molecule has 0 saturated heterocycles. The molecule has 132 valence electrons. The number of imidazole rings is 1. The number of nitrogens with zero attached hydrogens (tertiary/aromatic N) is 2. The van der Waals surface area contributed by atoms with Crippen molar-refractivity contribution in [3.05, 3.63) is 59.7 Å². The van der Waals surface area contributed by atoms with Crippen LogP contribution in [-0.4, -0.2) is 27.9 Å². The van der Waals surface area contributed by atoms with Gasteiger partial charge in [0.15, 0.2) is 0 Å². The van der Waals surface area contributed by atoms with Crippen LogP contribution in [0.15, 0.2) is 48.5 Å². The molecular weight excluding hydrogens is 328 g/mol. The van der Waals surface area contributed by atoms with E-state index in [4.69, 9.17) is 0 Å². The van der Waals surface area contributed by atoms with Crippen molar-refractivity contribution >= 4 is 28.8 Å². The Bertz CT molecular complexity index is 977. The third-order valence-electron chi connectivity index (χ3n) is 4.61. The number of fused-ring (bicyclic) bond motifs is 5. The van der Waals surface area contributed by atoms with Crippen molar-refractivity contribution in [2.24, 2.45) is 0 Å². The van der Waals surface area contributed by atoms with Gasteiger partial charge in [0, 0.05) is 24.2 Å². The number of hydrogen-bond acceptors (Lipinski definition) is 3. The molecule has 1 aliphatic heterocycles. The summed E-state index contributed by atoms with van der Waals surface area (Å²) < 4.78 is 2.06. The molecule has 3 aromatic rings. The molecule has 0 aliphatic carbocycles. The summed E-state index contributed by atoms with van der Waals surface area (Å²) in [7, 11) is 0. The molecule has 0 atom stereocenters. The van der Waals surface area contributed by atoms with Crippen molar-refractivity contribution in [3.63, 3.8) is 0 Å². The lowest BCUT2D eigenvalue weighted by atomic mass is 10.1. The molecule has 6 heteroatoms. The number of carbonyl (C=O) groups is 2. The van der Waals surface area contributed by atoms with Crippen molar-refractivity contribution in [1.29, 1.82) is 0 Å². The summed E-state index contributed by atoms with van der Waals surface area (Å²) in [5.41, 5.74) is 2.80. The fourth-order valence-corrected chi connectivity index (χ4v) is 3.25. The summed E-state index contributed by atoms with van der Waals surface area (Å²) >= 11 is 0. The Morgan fingerprint density at radius 1 is 0.885 bits per heavy atom. The third-order valence-corrected chi connectivity index (χ3v) is 4.61. The quantitative estimate of drug-likeness (QED) is 0.655. The largest absolute Gasteiger partial charge is 0.352 e. The smallest absolute Gasteiger partial charge is 0.257 e. The van der Waals surface area contributed by atoms with E-state index in [0.717, 1.165) is 36.8 Å². The van der Waals surface area contributed by atoms with Crippen molar-refractivity contribution in [3.8, 4) is 0 Å². The minimum absolute atomic E-state index is 0.149. The van der Waals surface area contributed by atoms with Gasteiger partial charge in [-0.25, -0.2) is 4.98 Å². The molecule has 0 unspecified atom stereocenters. The maximum atomic E-state index is 12.7. The molecule has 2 N–H and O–H groups in total. The first-order valence-electron chi connectivity index (χ1n) is 8.87. The number of amides is 2. The van der Waals surface area contributed by atoms with E-state index < -0.39 is 0 Å². The van der Waals surface area contributed by atoms with Crippen LogP contribution in [-0.2, 0) is 6.54 Å². The van der Waals surface area contributed by atoms with Gasteiger partial charge in [0.05, 0.1) is 11.0 Å². The van der Waals surface area contributed by atoms with E-state index in [0.29, 0.717) is 23.6 Å². The maximum Gasteiger partial charge on any atom is 0.257 e. The monoisotopic (exact) mass is 348 g/mol. The summed E-state index contributed by atoms with van der Waals surface area (Å²) in [5, 5.41) is 5.82. The summed E-state index contributed by atoms with van der Waals surface area (Å²) in [4.78, 5) is 29.5. The Hall–Kier alpha value is -3.15. The molecule has 0 fully saturated rings. The zero-order chi connectivity index (χ0) is 17.9. The highest BCUT2D eigenvalue weighted by Crippen LogP contribution is 2.21. The van der Waals surface area contributed by atoms with Gasteiger partial charge in [0.25, 0.3) is 11.8 Å². The van der Waals surface area contributed by atoms with Gasteiger partial charge in [-0.3, -0.25) is 14.9 Å². The van der Waals surface area contributed by atoms with E-state index >= 15 is 0 Å². The van der Waals surface area contributed by atoms with Gasteiger partial charge in [0.2, 0.25) is 5.95 Å². The van der Waals surface area contributed by atoms with E-state index in [9.17, 15) is 9.59 Å². The lowest BCUT2D eigenvalue weighted by Gasteiger charge is -2.12. The fourth-order valence-electron chi connectivity index (χ4n) is 3.25. The molecular formula is C20H20N4O2. The number of para-hydroxylation sites is 2. The minimum Gasteiger partial charge on any atom is -0.352 e. The lowest BCUT2D eigenvalue weighted by Crippen LogP contribution is -2.25. The Morgan fingerprint density at radius 3 is 2.58 bits per heavy atom. The Morgan fingerprint density at radius 2 is 1.69 bits per heavy atom. The molecule has 26 heavy (non-hydrogen) atoms. The summed E-state index contributed by atoms with van der Waals surface area (Å²) in [6, 6.07) is 14.6. The van der Waals surface area contributed by atoms with Gasteiger partial charge in [-0.2, -0.15) is 0 Å². The van der Waals surface area contributed by atoms with E-state index in [-0.39, 0.29) is 11.8 Å². The topological polar surface area (TPSA) is 76.0 Å². The van der Waals surface area contributed by atoms with Crippen molar-refractivity contribution < 1.29 is 9.59 Å². The van der Waals surface area contributed by atoms with Crippen LogP contribution in [0.1, 0.15) is 40.0 Å². The van der Waals surface area contributed by atoms with Gasteiger partial charge in [-0.1, -0.05) is 18.2 Å². The normalized spacial score (nSPS) is 15.7. The summed E-state index contributed by atoms with van der Waals surface area (Å²) in [6.07, 6.45) is 2.85. The van der Waals surface area contributed by atoms with Crippen LogP contribution in [0.4, 0.5) is 5.95 Å². The Balaban J connectivity index is 1.74. The average Bonchev–Trinajstić information content (AvgIpc) is 3.01. The van der Waals surface area contributed by atoms with Crippen molar-refractivity contribution in [1.82, 2.24) is 14.9 Å². The first kappa shape index (κ1) is 16.3. The fraction of sp³-hybridized carbons (Fsp3) is 0.250. The second-order valence-electron chi connectivity index (χ2n) is 6.43. The summed E-state index contributed by atoms with van der Waals surface area (Å²) in [6.45, 7) is 1.40. The molecule has 6 nitrogen and oxygen atoms in total. The van der Waals surface area contributed by atoms with Crippen LogP contribution in [0.5, 0.6) is 0 Å². The van der Waals surface area contributed by atoms with Crippen LogP contribution < -0.4 is 10.6 Å². The predicted octanol–water partition coefficient (Wildman–Crippen LogP) is 3.20. The number of aromatic nitrogens is 2. The number of anilines is 1. The van der Waals surface area contributed by atoms with Gasteiger partial charge < -0.3 is 9.88 Å². The minimum atomic E-state index is -0.270. The molecule has 2 amide bonds. The molecule has 0 saturated carbocycles. The predicted molar refractivity (Wildman–Crippen MR) is 100 cm³/mol. The zero-order valence-corrected chi connectivity index (χ0v) is 14.4. The first-order chi connectivity index (χ1) is 12.7. The molecule has 0 radical (unpaired) electrons. The Kier molecular flexibility index (Phi) is 4.39. The molecule has 2 aromatic carbocycles. The Labute approximate surface area is 151 Å². The number of aryl methyl sites for hydroxylation is 1. The van der Waals surface area contributed by atoms with Crippen LogP contribution >= 0.6 is 0 Å². The number of rotatable bonds is 0. The zero-order valence-electron chi connectivity index (χ0n) is 14.4. The van der Waals surface area contributed by atoms with Crippen LogP contribution in [0.2, 0.25) is 0 Å². The standard InChI is InChI=1S/C20H20N4O2/c25-18-14-7-6-8-15(13-14)19(26)23-20-22-16-9-2-3-10-17(16)24(20)12-5-1-4-11-21-18/h2-3,6-10,13H,1,4-5,11-12H2,(H,21,25)(H,22,23,26). The molecule has 0 spiro atoms.